The average molecular weight is 452 g/mol. The molecule has 32 heavy (non-hydrogen) atoms. The van der Waals surface area contributed by atoms with Gasteiger partial charge < -0.3 is 15.4 Å². The van der Waals surface area contributed by atoms with Crippen molar-refractivity contribution >= 4 is 46.5 Å². The summed E-state index contributed by atoms with van der Waals surface area (Å²) < 4.78 is 5.52. The van der Waals surface area contributed by atoms with Crippen LogP contribution in [0.5, 0.6) is 5.75 Å². The molecular weight excluding hydrogens is 430 g/mol. The first kappa shape index (κ1) is 21.6. The summed E-state index contributed by atoms with van der Waals surface area (Å²) in [6, 6.07) is 14.5. The number of hydrogen-bond acceptors (Lipinski definition) is 6. The topological polar surface area (TPSA) is 105 Å². The molecule has 164 valence electrons. The lowest BCUT2D eigenvalue weighted by molar-refractivity contribution is -0.125. The number of carbonyl (C=O) groups excluding carboxylic acids is 4. The van der Waals surface area contributed by atoms with E-state index >= 15 is 0 Å². The highest BCUT2D eigenvalue weighted by molar-refractivity contribution is 8.18. The normalized spacial score (nSPS) is 16.7. The van der Waals surface area contributed by atoms with Crippen molar-refractivity contribution in [1.29, 1.82) is 0 Å². The highest BCUT2D eigenvalue weighted by Crippen LogP contribution is 2.31. The van der Waals surface area contributed by atoms with Crippen LogP contribution in [-0.4, -0.2) is 47.6 Å². The summed E-state index contributed by atoms with van der Waals surface area (Å²) >= 11 is 0.889. The summed E-state index contributed by atoms with van der Waals surface area (Å²) in [6.45, 7) is 0.0249. The fraction of sp³-hybridized carbons (Fsp3) is 0.217. The number of hydrogen-bond donors (Lipinski definition) is 2. The van der Waals surface area contributed by atoms with Gasteiger partial charge in [0.25, 0.3) is 17.1 Å². The van der Waals surface area contributed by atoms with Crippen molar-refractivity contribution in [2.75, 3.05) is 25.0 Å². The number of carbonyl (C=O) groups is 4. The smallest absolute Gasteiger partial charge is 0.293 e. The van der Waals surface area contributed by atoms with Crippen molar-refractivity contribution in [3.05, 3.63) is 64.6 Å². The first-order chi connectivity index (χ1) is 15.5. The van der Waals surface area contributed by atoms with Crippen molar-refractivity contribution in [3.8, 4) is 5.75 Å². The van der Waals surface area contributed by atoms with Gasteiger partial charge in [0.2, 0.25) is 5.91 Å². The third-order valence-corrected chi connectivity index (χ3v) is 5.88. The van der Waals surface area contributed by atoms with E-state index in [2.05, 4.69) is 10.6 Å². The van der Waals surface area contributed by atoms with Gasteiger partial charge in [0, 0.05) is 25.2 Å². The molecule has 0 atom stereocenters. The Morgan fingerprint density at radius 1 is 1.12 bits per heavy atom. The van der Waals surface area contributed by atoms with Crippen molar-refractivity contribution < 1.29 is 23.9 Å². The minimum atomic E-state index is -0.365. The number of imide groups is 1. The van der Waals surface area contributed by atoms with Crippen LogP contribution in [-0.2, 0) is 20.8 Å². The van der Waals surface area contributed by atoms with Crippen LogP contribution in [0, 0.1) is 0 Å². The van der Waals surface area contributed by atoms with Gasteiger partial charge in [-0.3, -0.25) is 24.1 Å². The summed E-state index contributed by atoms with van der Waals surface area (Å²) in [6.07, 6.45) is 2.73. The van der Waals surface area contributed by atoms with E-state index in [1.807, 2.05) is 30.3 Å². The molecule has 9 heteroatoms. The molecule has 2 aromatic rings. The van der Waals surface area contributed by atoms with E-state index < -0.39 is 0 Å². The molecular formula is C23H21N3O5S. The zero-order valence-corrected chi connectivity index (χ0v) is 17.9. The van der Waals surface area contributed by atoms with Crippen LogP contribution in [0.4, 0.5) is 10.5 Å². The summed E-state index contributed by atoms with van der Waals surface area (Å²) in [4.78, 5) is 49.7. The molecule has 0 radical (unpaired) electrons. The lowest BCUT2D eigenvalue weighted by Crippen LogP contribution is -2.38. The Hall–Kier alpha value is -3.59. The van der Waals surface area contributed by atoms with Crippen molar-refractivity contribution in [2.45, 2.75) is 12.8 Å². The maximum atomic E-state index is 12.5. The lowest BCUT2D eigenvalue weighted by Gasteiger charge is -2.17. The predicted octanol–water partition coefficient (Wildman–Crippen LogP) is 2.80. The van der Waals surface area contributed by atoms with Gasteiger partial charge in [-0.05, 0) is 53.6 Å². The molecule has 2 aliphatic heterocycles. The Balaban J connectivity index is 1.23. The Kier molecular flexibility index (Phi) is 6.55. The summed E-state index contributed by atoms with van der Waals surface area (Å²) in [5.41, 5.74) is 2.56. The molecule has 1 fully saturated rings. The fourth-order valence-corrected chi connectivity index (χ4v) is 4.22. The molecule has 8 nitrogen and oxygen atoms in total. The van der Waals surface area contributed by atoms with E-state index in [0.717, 1.165) is 33.5 Å². The van der Waals surface area contributed by atoms with Crippen LogP contribution in [0.1, 0.15) is 17.5 Å². The first-order valence-electron chi connectivity index (χ1n) is 10.1. The van der Waals surface area contributed by atoms with Crippen LogP contribution < -0.4 is 15.4 Å². The van der Waals surface area contributed by atoms with E-state index in [4.69, 9.17) is 4.74 Å². The fourth-order valence-electron chi connectivity index (χ4n) is 3.35. The molecule has 4 rings (SSSR count). The van der Waals surface area contributed by atoms with Crippen LogP contribution >= 0.6 is 11.8 Å². The maximum absolute atomic E-state index is 12.5. The van der Waals surface area contributed by atoms with Crippen LogP contribution in [0.2, 0.25) is 0 Å². The average Bonchev–Trinajstić information content (AvgIpc) is 3.05. The van der Waals surface area contributed by atoms with Crippen LogP contribution in [0.15, 0.2) is 53.4 Å². The standard InChI is InChI=1S/C23H21N3O5S/c27-20-9-6-16-13-17(7-8-18(16)25-20)31-14-21(28)24-10-11-26-22(29)19(32-23(26)30)12-15-4-2-1-3-5-15/h1-5,7-8,12-13H,6,9-11,14H2,(H,24,28)(H,25,27)/b19-12-. The van der Waals surface area contributed by atoms with Gasteiger partial charge in [-0.1, -0.05) is 30.3 Å². The van der Waals surface area contributed by atoms with Crippen molar-refractivity contribution in [1.82, 2.24) is 10.2 Å². The molecule has 2 aliphatic rings. The molecule has 1 saturated heterocycles. The van der Waals surface area contributed by atoms with E-state index in [1.54, 1.807) is 24.3 Å². The van der Waals surface area contributed by atoms with E-state index in [9.17, 15) is 19.2 Å². The monoisotopic (exact) mass is 451 g/mol. The molecule has 2 aromatic carbocycles. The number of fused-ring (bicyclic) bond motifs is 1. The summed E-state index contributed by atoms with van der Waals surface area (Å²) in [5, 5.41) is 5.09. The third kappa shape index (κ3) is 5.17. The number of rotatable bonds is 7. The quantitative estimate of drug-likeness (QED) is 0.628. The SMILES string of the molecule is O=C(COc1ccc2c(c1)CCC(=O)N2)NCCN1C(=O)S/C(=C\c2ccccc2)C1=O. The Bertz CT molecular complexity index is 1100. The first-order valence-corrected chi connectivity index (χ1v) is 10.9. The van der Waals surface area contributed by atoms with Gasteiger partial charge in [0.1, 0.15) is 5.75 Å². The highest BCUT2D eigenvalue weighted by Gasteiger charge is 2.34. The molecule has 2 N–H and O–H groups in total. The molecule has 0 unspecified atom stereocenters. The largest absolute Gasteiger partial charge is 0.484 e. The van der Waals surface area contributed by atoms with Gasteiger partial charge >= 0.3 is 0 Å². The van der Waals surface area contributed by atoms with Gasteiger partial charge in [-0.2, -0.15) is 0 Å². The van der Waals surface area contributed by atoms with Gasteiger partial charge in [-0.25, -0.2) is 0 Å². The number of amides is 4. The Morgan fingerprint density at radius 2 is 1.94 bits per heavy atom. The Morgan fingerprint density at radius 3 is 2.75 bits per heavy atom. The summed E-state index contributed by atoms with van der Waals surface area (Å²) in [5.74, 6) is -0.202. The van der Waals surface area contributed by atoms with E-state index in [-0.39, 0.29) is 42.7 Å². The number of nitrogens with zero attached hydrogens (tertiary/aromatic N) is 1. The zero-order chi connectivity index (χ0) is 22.5. The second-order valence-corrected chi connectivity index (χ2v) is 8.24. The molecule has 0 aliphatic carbocycles. The predicted molar refractivity (Wildman–Crippen MR) is 121 cm³/mol. The third-order valence-electron chi connectivity index (χ3n) is 4.97. The zero-order valence-electron chi connectivity index (χ0n) is 17.1. The molecule has 0 saturated carbocycles. The minimum absolute atomic E-state index is 0.0124. The van der Waals surface area contributed by atoms with E-state index in [1.165, 1.54) is 0 Å². The highest BCUT2D eigenvalue weighted by atomic mass is 32.2. The van der Waals surface area contributed by atoms with Crippen LogP contribution in [0.3, 0.4) is 0 Å². The number of thioether (sulfide) groups is 1. The van der Waals surface area contributed by atoms with Crippen molar-refractivity contribution in [2.24, 2.45) is 0 Å². The van der Waals surface area contributed by atoms with Crippen LogP contribution in [0.25, 0.3) is 6.08 Å². The molecule has 0 spiro atoms. The van der Waals surface area contributed by atoms with Gasteiger partial charge in [0.15, 0.2) is 6.61 Å². The van der Waals surface area contributed by atoms with Gasteiger partial charge in [0.05, 0.1) is 4.91 Å². The molecule has 0 aromatic heterocycles. The number of nitrogens with one attached hydrogen (secondary N) is 2. The molecule has 2 heterocycles. The van der Waals surface area contributed by atoms with Crippen molar-refractivity contribution in [3.63, 3.8) is 0 Å². The Labute approximate surface area is 189 Å². The number of benzene rings is 2. The molecule has 4 amide bonds. The second-order valence-electron chi connectivity index (χ2n) is 7.25. The second kappa shape index (κ2) is 9.69. The molecule has 0 bridgehead atoms. The maximum Gasteiger partial charge on any atom is 0.293 e. The van der Waals surface area contributed by atoms with E-state index in [0.29, 0.717) is 23.5 Å². The summed E-state index contributed by atoms with van der Waals surface area (Å²) in [7, 11) is 0. The number of ether oxygens (including phenoxy) is 1. The lowest BCUT2D eigenvalue weighted by atomic mass is 10.0. The van der Waals surface area contributed by atoms with Gasteiger partial charge in [-0.15, -0.1) is 0 Å². The number of aryl methyl sites for hydroxylation is 1. The number of anilines is 1. The minimum Gasteiger partial charge on any atom is -0.484 e.